The molecule has 0 aliphatic carbocycles. The molecule has 0 saturated heterocycles. The van der Waals surface area contributed by atoms with Gasteiger partial charge in [-0.25, -0.2) is 9.97 Å². The van der Waals surface area contributed by atoms with E-state index in [4.69, 9.17) is 5.26 Å². The van der Waals surface area contributed by atoms with Gasteiger partial charge in [0.05, 0.1) is 6.07 Å². The molecule has 0 fully saturated rings. The lowest BCUT2D eigenvalue weighted by molar-refractivity contribution is 0.550. The number of nitrogens with one attached hydrogen (secondary N) is 1. The molecule has 1 heterocycles. The largest absolute Gasteiger partial charge is 0.302 e. The maximum atomic E-state index is 8.90. The SMILES string of the molecule is CNC(C)(C#N)CSc1ncccn1. The Bertz CT molecular complexity index is 321. The van der Waals surface area contributed by atoms with E-state index in [2.05, 4.69) is 21.4 Å². The molecule has 1 N–H and O–H groups in total. The van der Waals surface area contributed by atoms with Crippen LogP contribution in [0, 0.1) is 11.3 Å². The molecule has 1 rings (SSSR count). The number of thioether (sulfide) groups is 1. The van der Waals surface area contributed by atoms with E-state index >= 15 is 0 Å². The van der Waals surface area contributed by atoms with E-state index < -0.39 is 5.54 Å². The summed E-state index contributed by atoms with van der Waals surface area (Å²) < 4.78 is 0. The standard InChI is InChI=1S/C9H12N4S/c1-9(6-10,11-2)7-14-8-12-4-3-5-13-8/h3-5,11H,7H2,1-2H3. The fourth-order valence-corrected chi connectivity index (χ4v) is 1.63. The van der Waals surface area contributed by atoms with Crippen LogP contribution in [0.1, 0.15) is 6.92 Å². The van der Waals surface area contributed by atoms with Gasteiger partial charge in [-0.1, -0.05) is 11.8 Å². The molecule has 0 bridgehead atoms. The Labute approximate surface area is 87.8 Å². The maximum absolute atomic E-state index is 8.90. The van der Waals surface area contributed by atoms with Gasteiger partial charge in [-0.15, -0.1) is 0 Å². The number of rotatable bonds is 4. The first-order valence-electron chi connectivity index (χ1n) is 4.20. The van der Waals surface area contributed by atoms with Crippen LogP contribution >= 0.6 is 11.8 Å². The Hall–Kier alpha value is -1.12. The van der Waals surface area contributed by atoms with Crippen LogP contribution in [-0.4, -0.2) is 28.3 Å². The number of hydrogen-bond acceptors (Lipinski definition) is 5. The quantitative estimate of drug-likeness (QED) is 0.592. The van der Waals surface area contributed by atoms with Crippen LogP contribution in [-0.2, 0) is 0 Å². The van der Waals surface area contributed by atoms with E-state index in [1.807, 2.05) is 6.92 Å². The van der Waals surface area contributed by atoms with Crippen molar-refractivity contribution in [3.8, 4) is 6.07 Å². The summed E-state index contributed by atoms with van der Waals surface area (Å²) in [6.45, 7) is 1.85. The monoisotopic (exact) mass is 208 g/mol. The summed E-state index contributed by atoms with van der Waals surface area (Å²) in [6, 6.07) is 3.98. The summed E-state index contributed by atoms with van der Waals surface area (Å²) >= 11 is 1.47. The van der Waals surface area contributed by atoms with Gasteiger partial charge in [0, 0.05) is 18.1 Å². The minimum absolute atomic E-state index is 0.524. The highest BCUT2D eigenvalue weighted by Gasteiger charge is 2.21. The van der Waals surface area contributed by atoms with Crippen LogP contribution in [0.15, 0.2) is 23.6 Å². The molecule has 0 aliphatic rings. The Balaban J connectivity index is 2.53. The number of nitriles is 1. The third-order valence-electron chi connectivity index (χ3n) is 1.83. The molecule has 1 aromatic rings. The summed E-state index contributed by atoms with van der Waals surface area (Å²) in [4.78, 5) is 8.13. The molecular formula is C9H12N4S. The Morgan fingerprint density at radius 1 is 1.57 bits per heavy atom. The Kier molecular flexibility index (Phi) is 3.86. The third kappa shape index (κ3) is 2.98. The molecule has 0 radical (unpaired) electrons. The third-order valence-corrected chi connectivity index (χ3v) is 3.02. The Morgan fingerprint density at radius 3 is 2.71 bits per heavy atom. The second-order valence-electron chi connectivity index (χ2n) is 3.01. The van der Waals surface area contributed by atoms with Crippen molar-refractivity contribution in [3.05, 3.63) is 18.5 Å². The lowest BCUT2D eigenvalue weighted by atomic mass is 10.1. The predicted octanol–water partition coefficient (Wildman–Crippen LogP) is 1.07. The van der Waals surface area contributed by atoms with E-state index in [9.17, 15) is 0 Å². The molecule has 0 saturated carbocycles. The van der Waals surface area contributed by atoms with Gasteiger partial charge in [0.1, 0.15) is 5.54 Å². The van der Waals surface area contributed by atoms with E-state index in [1.165, 1.54) is 11.8 Å². The van der Waals surface area contributed by atoms with Crippen LogP contribution < -0.4 is 5.32 Å². The fraction of sp³-hybridized carbons (Fsp3) is 0.444. The summed E-state index contributed by atoms with van der Waals surface area (Å²) in [5.41, 5.74) is -0.524. The zero-order valence-electron chi connectivity index (χ0n) is 8.19. The smallest absolute Gasteiger partial charge is 0.187 e. The lowest BCUT2D eigenvalue weighted by Gasteiger charge is -2.18. The predicted molar refractivity (Wildman–Crippen MR) is 55.8 cm³/mol. The molecule has 0 aliphatic heterocycles. The van der Waals surface area contributed by atoms with Crippen molar-refractivity contribution in [3.63, 3.8) is 0 Å². The number of hydrogen-bond donors (Lipinski definition) is 1. The molecular weight excluding hydrogens is 196 g/mol. The van der Waals surface area contributed by atoms with Crippen molar-refractivity contribution in [1.82, 2.24) is 15.3 Å². The van der Waals surface area contributed by atoms with Crippen LogP contribution in [0.5, 0.6) is 0 Å². The fourth-order valence-electron chi connectivity index (χ4n) is 0.729. The normalized spacial score (nSPS) is 14.4. The van der Waals surface area contributed by atoms with Gasteiger partial charge in [0.25, 0.3) is 0 Å². The van der Waals surface area contributed by atoms with Crippen molar-refractivity contribution in [2.45, 2.75) is 17.6 Å². The van der Waals surface area contributed by atoms with Gasteiger partial charge in [0.15, 0.2) is 5.16 Å². The zero-order chi connectivity index (χ0) is 10.4. The summed E-state index contributed by atoms with van der Waals surface area (Å²) in [7, 11) is 1.77. The van der Waals surface area contributed by atoms with Crippen LogP contribution in [0.25, 0.3) is 0 Å². The average molecular weight is 208 g/mol. The summed E-state index contributed by atoms with van der Waals surface area (Å²) in [6.07, 6.45) is 3.39. The summed E-state index contributed by atoms with van der Waals surface area (Å²) in [5.74, 6) is 0.629. The van der Waals surface area contributed by atoms with E-state index in [1.54, 1.807) is 25.5 Å². The minimum Gasteiger partial charge on any atom is -0.302 e. The van der Waals surface area contributed by atoms with Gasteiger partial charge in [0.2, 0.25) is 0 Å². The van der Waals surface area contributed by atoms with Crippen molar-refractivity contribution in [2.24, 2.45) is 0 Å². The molecule has 4 nitrogen and oxygen atoms in total. The zero-order valence-corrected chi connectivity index (χ0v) is 9.01. The molecule has 14 heavy (non-hydrogen) atoms. The number of aromatic nitrogens is 2. The molecule has 5 heteroatoms. The van der Waals surface area contributed by atoms with Gasteiger partial charge >= 0.3 is 0 Å². The minimum atomic E-state index is -0.524. The van der Waals surface area contributed by atoms with E-state index in [-0.39, 0.29) is 0 Å². The molecule has 74 valence electrons. The highest BCUT2D eigenvalue weighted by molar-refractivity contribution is 7.99. The van der Waals surface area contributed by atoms with Crippen LogP contribution in [0.3, 0.4) is 0 Å². The molecule has 0 amide bonds. The molecule has 1 atom stereocenters. The molecule has 0 spiro atoms. The second-order valence-corrected chi connectivity index (χ2v) is 3.96. The van der Waals surface area contributed by atoms with Gasteiger partial charge < -0.3 is 5.32 Å². The van der Waals surface area contributed by atoms with Crippen molar-refractivity contribution < 1.29 is 0 Å². The van der Waals surface area contributed by atoms with Crippen LogP contribution in [0.2, 0.25) is 0 Å². The first kappa shape index (κ1) is 11.0. The lowest BCUT2D eigenvalue weighted by Crippen LogP contribution is -2.40. The highest BCUT2D eigenvalue weighted by atomic mass is 32.2. The topological polar surface area (TPSA) is 61.6 Å². The summed E-state index contributed by atoms with van der Waals surface area (Å²) in [5, 5.41) is 12.6. The van der Waals surface area contributed by atoms with Gasteiger partial charge in [-0.2, -0.15) is 5.26 Å². The van der Waals surface area contributed by atoms with Crippen molar-refractivity contribution in [2.75, 3.05) is 12.8 Å². The maximum Gasteiger partial charge on any atom is 0.187 e. The highest BCUT2D eigenvalue weighted by Crippen LogP contribution is 2.17. The van der Waals surface area contributed by atoms with Gasteiger partial charge in [-0.3, -0.25) is 0 Å². The molecule has 0 aromatic carbocycles. The van der Waals surface area contributed by atoms with Crippen molar-refractivity contribution in [1.29, 1.82) is 5.26 Å². The second kappa shape index (κ2) is 4.94. The van der Waals surface area contributed by atoms with Crippen LogP contribution in [0.4, 0.5) is 0 Å². The first-order chi connectivity index (χ1) is 6.70. The first-order valence-corrected chi connectivity index (χ1v) is 5.19. The Morgan fingerprint density at radius 2 is 2.21 bits per heavy atom. The van der Waals surface area contributed by atoms with Crippen molar-refractivity contribution >= 4 is 11.8 Å². The van der Waals surface area contributed by atoms with E-state index in [0.717, 1.165) is 0 Å². The van der Waals surface area contributed by atoms with E-state index in [0.29, 0.717) is 10.9 Å². The number of nitrogens with zero attached hydrogens (tertiary/aromatic N) is 3. The molecule has 1 aromatic heterocycles. The average Bonchev–Trinajstić information content (AvgIpc) is 2.27. The molecule has 1 unspecified atom stereocenters. The van der Waals surface area contributed by atoms with Gasteiger partial charge in [-0.05, 0) is 20.0 Å².